The number of hydrogen-bond acceptors (Lipinski definition) is 25. The number of carbonyl (C=O) groups is 2. The standard InChI is InChI=1S/C37H33NO11S2.C36H30O12S2.CH5N.2CH2S/c1-19-7-23-11-27-15-31(50(44,45)46)17-29(35(27)41)13-25-9-22(20-3-5-21(6-4-20)37(43)38-2)10-26(34(25)40)14-30-18-32(51(47,48)49)16-28(36(30)42)12-24(8-19)33(23)39;1-18-6-22-10-26-14-30(49(43,44)45)16-28(34(26)39)12-24-8-21(19-2-4-20(5-3-19)36(41)42)9-25(33(24)38)13-29-17-31(50(46,47)48)15-27(35(29)40)11-23(7-18)32(22)37;3*1-2/h3-10,15-18,39-42H,11-14H2,1-2H3,(H,38,43)(H,44,45,46)(H,47,48,49);2-9,14-17,37-40H,10-13H2,1H3,(H,41,42)(H,43,44,45)(H,46,47,48);2H2,1H3;2*1H2/p-5. The lowest BCUT2D eigenvalue weighted by Crippen LogP contribution is -2.17. The monoisotopic (exact) mass is 1570 g/mol. The number of carboxylic acids is 1. The molecule has 31 heteroatoms. The SMILES string of the molecule is C=S.C=S.CN.CNC(=O)c1ccc(-c2cc3c(O)c(c2)Cc2cc(S(=O)(=O)[O-])cc(c2O)Cc2cc(C)cc(c2O)Cc2cc(S(=O)(=O)[O-])cc(c2O)C3)cc1.Cc1cc2c(O)c(c1)Cc1cc(S(=O)(=O)[O-])cc(c1O)Cc1cc(-c3ccc(C(=O)O)cc3)cc(c1[O-])Cc1cc(S(=O)(=O)[O-])cc(c1O)C2. The molecule has 10 aromatic rings. The van der Waals surface area contributed by atoms with Crippen molar-refractivity contribution in [2.24, 2.45) is 5.73 Å². The van der Waals surface area contributed by atoms with Crippen LogP contribution < -0.4 is 16.2 Å². The molecule has 0 atom stereocenters. The van der Waals surface area contributed by atoms with Gasteiger partial charge in [-0.2, -0.15) is 0 Å². The lowest BCUT2D eigenvalue weighted by Gasteiger charge is -2.24. The van der Waals surface area contributed by atoms with Crippen molar-refractivity contribution >= 4 is 88.5 Å². The lowest BCUT2D eigenvalue weighted by atomic mass is 9.89. The number of fused-ring (bicyclic) bond motifs is 16. The minimum Gasteiger partial charge on any atom is -0.872 e. The van der Waals surface area contributed by atoms with E-state index in [0.717, 1.165) is 48.5 Å². The van der Waals surface area contributed by atoms with Gasteiger partial charge in [0.05, 0.1) is 25.1 Å². The summed E-state index contributed by atoms with van der Waals surface area (Å²) in [5.41, 5.74) is 8.75. The fraction of sp³-hybridized carbons (Fsp3) is 0.158. The van der Waals surface area contributed by atoms with Crippen LogP contribution in [0.2, 0.25) is 0 Å². The number of hydrogen-bond donors (Lipinski definition) is 10. The number of amides is 1. The fourth-order valence-electron chi connectivity index (χ4n) is 12.8. The molecule has 2 aliphatic carbocycles. The molecule has 10 aromatic carbocycles. The summed E-state index contributed by atoms with van der Waals surface area (Å²) in [5, 5.41) is 106. The summed E-state index contributed by atoms with van der Waals surface area (Å²) in [6.45, 7) is 3.39. The molecule has 2 aliphatic rings. The van der Waals surface area contributed by atoms with Crippen molar-refractivity contribution in [1.82, 2.24) is 5.32 Å². The minimum atomic E-state index is -5.07. The van der Waals surface area contributed by atoms with Gasteiger partial charge in [0.15, 0.2) is 0 Å². The van der Waals surface area contributed by atoms with E-state index >= 15 is 0 Å². The van der Waals surface area contributed by atoms with Gasteiger partial charge < -0.3 is 75.2 Å². The maximum absolute atomic E-state index is 14.0. The van der Waals surface area contributed by atoms with Crippen LogP contribution in [0.25, 0.3) is 22.3 Å². The summed E-state index contributed by atoms with van der Waals surface area (Å²) in [6, 6.07) is 32.4. The molecule has 560 valence electrons. The van der Waals surface area contributed by atoms with Crippen LogP contribution >= 0.6 is 24.4 Å². The van der Waals surface area contributed by atoms with E-state index in [9.17, 15) is 107 Å². The molecule has 0 saturated carbocycles. The Morgan fingerprint density at radius 3 is 0.738 bits per heavy atom. The number of phenols is 7. The summed E-state index contributed by atoms with van der Waals surface area (Å²) in [4.78, 5) is 21.0. The Bertz CT molecular complexity index is 5400. The number of phenolic OH excluding ortho intramolecular Hbond substituents is 7. The quantitative estimate of drug-likeness (QED) is 0.0500. The lowest BCUT2D eigenvalue weighted by molar-refractivity contribution is -0.270. The van der Waals surface area contributed by atoms with Crippen LogP contribution in [-0.4, -0.2) is 130 Å². The molecule has 0 aromatic heterocycles. The van der Waals surface area contributed by atoms with E-state index in [1.54, 1.807) is 74.5 Å². The van der Waals surface area contributed by atoms with Crippen molar-refractivity contribution in [2.45, 2.75) is 84.8 Å². The van der Waals surface area contributed by atoms with Gasteiger partial charge in [0.25, 0.3) is 5.91 Å². The number of nitrogens with two attached hydrogens (primary N) is 1. The van der Waals surface area contributed by atoms with Crippen molar-refractivity contribution in [1.29, 1.82) is 0 Å². The Morgan fingerprint density at radius 1 is 0.346 bits per heavy atom. The van der Waals surface area contributed by atoms with Crippen LogP contribution in [0.4, 0.5) is 0 Å². The molecule has 0 unspecified atom stereocenters. The summed E-state index contributed by atoms with van der Waals surface area (Å²) in [6.07, 6.45) is -2.45. The molecular formula is C76H67N2O23S6-5. The van der Waals surface area contributed by atoms with E-state index in [2.05, 4.69) is 47.2 Å². The predicted octanol–water partition coefficient (Wildman–Crippen LogP) is 9.17. The molecule has 16 bridgehead atoms. The van der Waals surface area contributed by atoms with E-state index in [0.29, 0.717) is 38.9 Å². The van der Waals surface area contributed by atoms with Gasteiger partial charge in [0, 0.05) is 64.0 Å². The Hall–Kier alpha value is -10.7. The maximum atomic E-state index is 14.0. The maximum Gasteiger partial charge on any atom is 0.335 e. The number of aromatic carboxylic acids is 1. The molecule has 0 heterocycles. The van der Waals surface area contributed by atoms with Gasteiger partial charge in [-0.15, -0.1) is 5.75 Å². The molecule has 0 radical (unpaired) electrons. The highest BCUT2D eigenvalue weighted by molar-refractivity contribution is 7.86. The van der Waals surface area contributed by atoms with Crippen molar-refractivity contribution in [2.75, 3.05) is 14.1 Å². The first kappa shape index (κ1) is 82.0. The van der Waals surface area contributed by atoms with Crippen LogP contribution in [0.3, 0.4) is 0 Å². The van der Waals surface area contributed by atoms with Crippen molar-refractivity contribution in [3.05, 3.63) is 257 Å². The van der Waals surface area contributed by atoms with E-state index in [4.69, 9.17) is 0 Å². The second kappa shape index (κ2) is 33.0. The number of carbonyl (C=O) groups excluding carboxylic acids is 1. The number of carboxylic acid groups (broad SMARTS) is 1. The highest BCUT2D eigenvalue weighted by Crippen LogP contribution is 2.44. The van der Waals surface area contributed by atoms with Crippen LogP contribution in [0.15, 0.2) is 165 Å². The summed E-state index contributed by atoms with van der Waals surface area (Å²) in [5.74, 6) is 1.00. The van der Waals surface area contributed by atoms with E-state index in [1.807, 2.05) is 0 Å². The second-order valence-electron chi connectivity index (χ2n) is 24.8. The Labute approximate surface area is 626 Å². The molecule has 0 saturated heterocycles. The molecule has 0 aliphatic heterocycles. The predicted molar refractivity (Wildman–Crippen MR) is 397 cm³/mol. The Balaban J connectivity index is 0.000000253. The minimum absolute atomic E-state index is 0.00149. The van der Waals surface area contributed by atoms with E-state index < -0.39 is 96.1 Å². The van der Waals surface area contributed by atoms with Gasteiger partial charge in [-0.1, -0.05) is 107 Å². The summed E-state index contributed by atoms with van der Waals surface area (Å²) < 4.78 is 147. The average Bonchev–Trinajstić information content (AvgIpc) is 0.775. The first-order valence-electron chi connectivity index (χ1n) is 31.7. The van der Waals surface area contributed by atoms with Gasteiger partial charge in [-0.05, 0) is 218 Å². The summed E-state index contributed by atoms with van der Waals surface area (Å²) >= 11 is 7.67. The van der Waals surface area contributed by atoms with Gasteiger partial charge >= 0.3 is 5.97 Å². The molecule has 107 heavy (non-hydrogen) atoms. The number of thiocarbonyl (C=S) groups is 2. The number of benzene rings is 10. The first-order valence-corrected chi connectivity index (χ1v) is 38.4. The highest BCUT2D eigenvalue weighted by atomic mass is 32.2. The first-order chi connectivity index (χ1) is 50.3. The molecule has 1 amide bonds. The molecule has 25 nitrogen and oxygen atoms in total. The zero-order chi connectivity index (χ0) is 79.3. The highest BCUT2D eigenvalue weighted by Gasteiger charge is 2.26. The van der Waals surface area contributed by atoms with Gasteiger partial charge in [-0.25, -0.2) is 38.5 Å². The van der Waals surface area contributed by atoms with E-state index in [1.165, 1.54) is 50.5 Å². The Morgan fingerprint density at radius 2 is 0.533 bits per heavy atom. The largest absolute Gasteiger partial charge is 0.872 e. The van der Waals surface area contributed by atoms with Crippen molar-refractivity contribution in [3.8, 4) is 68.2 Å². The molecule has 12 rings (SSSR count). The molecule has 0 fully saturated rings. The topological polar surface area (TPSA) is 486 Å². The van der Waals surface area contributed by atoms with Crippen LogP contribution in [0.1, 0.15) is 121 Å². The molecule has 11 N–H and O–H groups in total. The van der Waals surface area contributed by atoms with Crippen LogP contribution in [0.5, 0.6) is 46.0 Å². The molecular weight excluding hydrogens is 1500 g/mol. The molecule has 0 spiro atoms. The van der Waals surface area contributed by atoms with Gasteiger partial charge in [0.2, 0.25) is 0 Å². The number of nitrogens with one attached hydrogen (secondary N) is 1. The zero-order valence-electron chi connectivity index (χ0n) is 57.2. The summed E-state index contributed by atoms with van der Waals surface area (Å²) in [7, 11) is -17.2. The number of aryl methyl sites for hydroxylation is 2. The van der Waals surface area contributed by atoms with Crippen molar-refractivity contribution in [3.63, 3.8) is 0 Å². The van der Waals surface area contributed by atoms with Crippen molar-refractivity contribution < 1.29 is 107 Å². The number of aromatic hydroxyl groups is 7. The fourth-order valence-corrected chi connectivity index (χ4v) is 15.1. The van der Waals surface area contributed by atoms with Crippen LogP contribution in [-0.2, 0) is 91.8 Å². The van der Waals surface area contributed by atoms with E-state index in [-0.39, 0.29) is 168 Å². The normalized spacial score (nSPS) is 12.5. The third-order valence-corrected chi connectivity index (χ3v) is 20.9. The smallest absolute Gasteiger partial charge is 0.335 e. The average molecular weight is 1570 g/mol. The second-order valence-corrected chi connectivity index (χ2v) is 30.3. The van der Waals surface area contributed by atoms with Crippen LogP contribution in [0, 0.1) is 13.8 Å². The van der Waals surface area contributed by atoms with Gasteiger partial charge in [-0.3, -0.25) is 4.79 Å². The zero-order valence-corrected chi connectivity index (χ0v) is 62.1. The Kier molecular flexibility index (Phi) is 25.3. The van der Waals surface area contributed by atoms with Gasteiger partial charge in [0.1, 0.15) is 80.7 Å². The third kappa shape index (κ3) is 18.6. The third-order valence-electron chi connectivity index (χ3n) is 17.7. The number of rotatable bonds is 8.